The third kappa shape index (κ3) is 4.71. The molecule has 0 aliphatic carbocycles. The fourth-order valence-corrected chi connectivity index (χ4v) is 3.66. The SMILES string of the molecule is O=C(CSc1nc(-c2cccs2)cc(C(F)(F)F)n1)N1CCOCC1. The second kappa shape index (κ2) is 7.71. The van der Waals surface area contributed by atoms with Gasteiger partial charge in [-0.3, -0.25) is 4.79 Å². The van der Waals surface area contributed by atoms with E-state index in [0.717, 1.165) is 17.8 Å². The average Bonchev–Trinajstić information content (AvgIpc) is 3.14. The number of amides is 1. The van der Waals surface area contributed by atoms with Crippen molar-refractivity contribution in [2.75, 3.05) is 32.1 Å². The first-order valence-corrected chi connectivity index (χ1v) is 9.28. The van der Waals surface area contributed by atoms with Crippen LogP contribution in [0.3, 0.4) is 0 Å². The Morgan fingerprint density at radius 2 is 2.08 bits per heavy atom. The van der Waals surface area contributed by atoms with Crippen LogP contribution in [0.5, 0.6) is 0 Å². The number of rotatable bonds is 4. The summed E-state index contributed by atoms with van der Waals surface area (Å²) in [6.45, 7) is 1.92. The monoisotopic (exact) mass is 389 g/mol. The number of nitrogens with zero attached hydrogens (tertiary/aromatic N) is 3. The van der Waals surface area contributed by atoms with Gasteiger partial charge in [0.1, 0.15) is 5.69 Å². The molecule has 2 aromatic heterocycles. The molecule has 1 aliphatic heterocycles. The summed E-state index contributed by atoms with van der Waals surface area (Å²) < 4.78 is 44.5. The van der Waals surface area contributed by atoms with E-state index in [1.165, 1.54) is 11.3 Å². The van der Waals surface area contributed by atoms with E-state index in [4.69, 9.17) is 4.74 Å². The molecule has 0 spiro atoms. The molecule has 0 aromatic carbocycles. The van der Waals surface area contributed by atoms with E-state index in [0.29, 0.717) is 31.2 Å². The number of carbonyl (C=O) groups excluding carboxylic acids is 1. The molecule has 1 saturated heterocycles. The van der Waals surface area contributed by atoms with Crippen LogP contribution in [0.25, 0.3) is 10.6 Å². The molecule has 10 heteroatoms. The van der Waals surface area contributed by atoms with Gasteiger partial charge in [-0.15, -0.1) is 11.3 Å². The molecule has 3 heterocycles. The molecule has 0 N–H and O–H groups in total. The van der Waals surface area contributed by atoms with Crippen molar-refractivity contribution in [1.29, 1.82) is 0 Å². The minimum absolute atomic E-state index is 0.00874. The van der Waals surface area contributed by atoms with E-state index in [1.807, 2.05) is 0 Å². The topological polar surface area (TPSA) is 55.3 Å². The van der Waals surface area contributed by atoms with Crippen molar-refractivity contribution < 1.29 is 22.7 Å². The first-order chi connectivity index (χ1) is 11.9. The molecular formula is C15H14F3N3O2S2. The van der Waals surface area contributed by atoms with Crippen LogP contribution in [0.2, 0.25) is 0 Å². The maximum absolute atomic E-state index is 13.1. The molecule has 0 atom stereocenters. The van der Waals surface area contributed by atoms with Gasteiger partial charge in [0.2, 0.25) is 5.91 Å². The smallest absolute Gasteiger partial charge is 0.378 e. The summed E-state index contributed by atoms with van der Waals surface area (Å²) in [5.41, 5.74) is -0.800. The molecular weight excluding hydrogens is 375 g/mol. The highest BCUT2D eigenvalue weighted by Gasteiger charge is 2.34. The third-order valence-electron chi connectivity index (χ3n) is 3.46. The Hall–Kier alpha value is -1.65. The minimum atomic E-state index is -4.57. The van der Waals surface area contributed by atoms with E-state index in [2.05, 4.69) is 9.97 Å². The number of ether oxygens (including phenoxy) is 1. The zero-order valence-corrected chi connectivity index (χ0v) is 14.6. The number of thiophene rings is 1. The molecule has 0 saturated carbocycles. The van der Waals surface area contributed by atoms with Gasteiger partial charge in [-0.1, -0.05) is 17.8 Å². The maximum Gasteiger partial charge on any atom is 0.433 e. The Morgan fingerprint density at radius 1 is 1.32 bits per heavy atom. The van der Waals surface area contributed by atoms with Crippen molar-refractivity contribution >= 4 is 29.0 Å². The number of morpholine rings is 1. The van der Waals surface area contributed by atoms with E-state index in [1.54, 1.807) is 22.4 Å². The van der Waals surface area contributed by atoms with Gasteiger partial charge in [0.05, 0.1) is 29.5 Å². The number of thioether (sulfide) groups is 1. The Balaban J connectivity index is 1.78. The zero-order valence-electron chi connectivity index (χ0n) is 13.0. The average molecular weight is 389 g/mol. The Labute approximate surface area is 150 Å². The lowest BCUT2D eigenvalue weighted by Gasteiger charge is -2.26. The van der Waals surface area contributed by atoms with Crippen LogP contribution in [0.15, 0.2) is 28.7 Å². The van der Waals surface area contributed by atoms with Crippen LogP contribution < -0.4 is 0 Å². The minimum Gasteiger partial charge on any atom is -0.378 e. The molecule has 5 nitrogen and oxygen atoms in total. The molecule has 25 heavy (non-hydrogen) atoms. The molecule has 0 unspecified atom stereocenters. The summed E-state index contributed by atoms with van der Waals surface area (Å²) >= 11 is 2.21. The Morgan fingerprint density at radius 3 is 2.72 bits per heavy atom. The highest BCUT2D eigenvalue weighted by atomic mass is 32.2. The predicted octanol–water partition coefficient (Wildman–Crippen LogP) is 3.17. The van der Waals surface area contributed by atoms with Gasteiger partial charge in [0.15, 0.2) is 5.16 Å². The largest absolute Gasteiger partial charge is 0.433 e. The lowest BCUT2D eigenvalue weighted by Crippen LogP contribution is -2.41. The summed E-state index contributed by atoms with van der Waals surface area (Å²) in [5, 5.41) is 1.71. The molecule has 3 rings (SSSR count). The number of aromatic nitrogens is 2. The fraction of sp³-hybridized carbons (Fsp3) is 0.400. The highest BCUT2D eigenvalue weighted by molar-refractivity contribution is 7.99. The molecule has 1 fully saturated rings. The molecule has 134 valence electrons. The van der Waals surface area contributed by atoms with Crippen molar-refractivity contribution in [3.8, 4) is 10.6 Å². The molecule has 0 radical (unpaired) electrons. The fourth-order valence-electron chi connectivity index (χ4n) is 2.22. The summed E-state index contributed by atoms with van der Waals surface area (Å²) in [5.74, 6) is -0.169. The summed E-state index contributed by atoms with van der Waals surface area (Å²) in [4.78, 5) is 22.1. The standard InChI is InChI=1S/C15H14F3N3O2S2/c16-15(17,18)12-8-10(11-2-1-7-24-11)19-14(20-12)25-9-13(22)21-3-5-23-6-4-21/h1-2,7-8H,3-6,9H2. The van der Waals surface area contributed by atoms with Crippen molar-refractivity contribution in [3.05, 3.63) is 29.3 Å². The van der Waals surface area contributed by atoms with Crippen molar-refractivity contribution in [1.82, 2.24) is 14.9 Å². The quantitative estimate of drug-likeness (QED) is 0.594. The van der Waals surface area contributed by atoms with Crippen LogP contribution in [-0.4, -0.2) is 52.8 Å². The molecule has 2 aromatic rings. The van der Waals surface area contributed by atoms with Gasteiger partial charge in [0.25, 0.3) is 0 Å². The lowest BCUT2D eigenvalue weighted by atomic mass is 10.3. The third-order valence-corrected chi connectivity index (χ3v) is 5.18. The van der Waals surface area contributed by atoms with E-state index in [-0.39, 0.29) is 22.5 Å². The van der Waals surface area contributed by atoms with E-state index < -0.39 is 11.9 Å². The lowest BCUT2D eigenvalue weighted by molar-refractivity contribution is -0.141. The van der Waals surface area contributed by atoms with E-state index in [9.17, 15) is 18.0 Å². The number of hydrogen-bond acceptors (Lipinski definition) is 6. The normalized spacial score (nSPS) is 15.4. The van der Waals surface area contributed by atoms with Gasteiger partial charge in [0, 0.05) is 13.1 Å². The summed E-state index contributed by atoms with van der Waals surface area (Å²) in [6.07, 6.45) is -4.57. The number of hydrogen-bond donors (Lipinski definition) is 0. The number of carbonyl (C=O) groups is 1. The van der Waals surface area contributed by atoms with Crippen LogP contribution in [0.1, 0.15) is 5.69 Å². The van der Waals surface area contributed by atoms with Crippen molar-refractivity contribution in [2.24, 2.45) is 0 Å². The summed E-state index contributed by atoms with van der Waals surface area (Å²) in [7, 11) is 0. The van der Waals surface area contributed by atoms with Crippen LogP contribution >= 0.6 is 23.1 Å². The summed E-state index contributed by atoms with van der Waals surface area (Å²) in [6, 6.07) is 4.37. The number of alkyl halides is 3. The highest BCUT2D eigenvalue weighted by Crippen LogP contribution is 2.33. The Kier molecular flexibility index (Phi) is 5.60. The van der Waals surface area contributed by atoms with Gasteiger partial charge < -0.3 is 9.64 Å². The molecule has 1 aliphatic rings. The van der Waals surface area contributed by atoms with Gasteiger partial charge >= 0.3 is 6.18 Å². The first kappa shape index (κ1) is 18.2. The van der Waals surface area contributed by atoms with Gasteiger partial charge in [-0.25, -0.2) is 9.97 Å². The van der Waals surface area contributed by atoms with E-state index >= 15 is 0 Å². The van der Waals surface area contributed by atoms with Gasteiger partial charge in [-0.05, 0) is 17.5 Å². The predicted molar refractivity (Wildman–Crippen MR) is 88.5 cm³/mol. The van der Waals surface area contributed by atoms with Gasteiger partial charge in [-0.2, -0.15) is 13.2 Å². The zero-order chi connectivity index (χ0) is 17.9. The van der Waals surface area contributed by atoms with Crippen LogP contribution in [-0.2, 0) is 15.7 Å². The molecule has 0 bridgehead atoms. The van der Waals surface area contributed by atoms with Crippen LogP contribution in [0, 0.1) is 0 Å². The first-order valence-electron chi connectivity index (χ1n) is 7.42. The second-order valence-corrected chi connectivity index (χ2v) is 7.07. The molecule has 1 amide bonds. The van der Waals surface area contributed by atoms with Crippen LogP contribution in [0.4, 0.5) is 13.2 Å². The second-order valence-electron chi connectivity index (χ2n) is 5.18. The number of halogens is 3. The maximum atomic E-state index is 13.1. The Bertz CT molecular complexity index is 732. The van der Waals surface area contributed by atoms with Crippen molar-refractivity contribution in [3.63, 3.8) is 0 Å². The van der Waals surface area contributed by atoms with Crippen molar-refractivity contribution in [2.45, 2.75) is 11.3 Å².